The Morgan fingerprint density at radius 3 is 2.81 bits per heavy atom. The van der Waals surface area contributed by atoms with Gasteiger partial charge >= 0.3 is 0 Å². The molecule has 1 unspecified atom stereocenters. The highest BCUT2D eigenvalue weighted by molar-refractivity contribution is 5.97. The molecular weight excluding hydrogens is 274 g/mol. The number of non-ortho nitro benzene ring substituents is 1. The second kappa shape index (κ2) is 6.09. The van der Waals surface area contributed by atoms with Crippen molar-refractivity contribution in [2.45, 2.75) is 12.5 Å². The third-order valence-electron chi connectivity index (χ3n) is 3.42. The number of carbonyl (C=O) groups is 1. The molecule has 0 radical (unpaired) electrons. The zero-order chi connectivity index (χ0) is 15.6. The maximum atomic E-state index is 12.3. The average Bonchev–Trinajstić information content (AvgIpc) is 2.54. The molecule has 1 aliphatic rings. The van der Waals surface area contributed by atoms with Crippen LogP contribution in [0.5, 0.6) is 5.75 Å². The van der Waals surface area contributed by atoms with E-state index in [-0.39, 0.29) is 23.3 Å². The van der Waals surface area contributed by atoms with Crippen molar-refractivity contribution in [3.05, 3.63) is 33.9 Å². The largest absolute Gasteiger partial charge is 0.488 e. The predicted molar refractivity (Wildman–Crippen MR) is 77.6 cm³/mol. The zero-order valence-corrected chi connectivity index (χ0v) is 12.4. The van der Waals surface area contributed by atoms with Crippen LogP contribution >= 0.6 is 0 Å². The SMILES string of the molecule is CN(C)CCC1CN(C)C(=O)c2cc([N+](=O)[O-])ccc2O1. The molecule has 0 saturated carbocycles. The lowest BCUT2D eigenvalue weighted by Crippen LogP contribution is -2.35. The third-order valence-corrected chi connectivity index (χ3v) is 3.42. The van der Waals surface area contributed by atoms with E-state index >= 15 is 0 Å². The molecule has 1 aromatic carbocycles. The fourth-order valence-corrected chi connectivity index (χ4v) is 2.26. The summed E-state index contributed by atoms with van der Waals surface area (Å²) in [6.07, 6.45) is 0.658. The van der Waals surface area contributed by atoms with Gasteiger partial charge in [0, 0.05) is 25.7 Å². The number of carbonyl (C=O) groups excluding carboxylic acids is 1. The van der Waals surface area contributed by atoms with Crippen LogP contribution in [0.15, 0.2) is 18.2 Å². The number of ether oxygens (including phenoxy) is 1. The van der Waals surface area contributed by atoms with Crippen molar-refractivity contribution in [1.29, 1.82) is 0 Å². The highest BCUT2D eigenvalue weighted by Crippen LogP contribution is 2.29. The monoisotopic (exact) mass is 293 g/mol. The zero-order valence-electron chi connectivity index (χ0n) is 12.4. The molecule has 1 amide bonds. The van der Waals surface area contributed by atoms with Crippen LogP contribution in [0.2, 0.25) is 0 Å². The predicted octanol–water partition coefficient (Wildman–Crippen LogP) is 1.38. The van der Waals surface area contributed by atoms with Crippen molar-refractivity contribution in [2.24, 2.45) is 0 Å². The van der Waals surface area contributed by atoms with Crippen LogP contribution in [0.3, 0.4) is 0 Å². The van der Waals surface area contributed by atoms with Crippen molar-refractivity contribution < 1.29 is 14.5 Å². The minimum absolute atomic E-state index is 0.106. The molecule has 1 atom stereocenters. The van der Waals surface area contributed by atoms with Crippen LogP contribution in [0.4, 0.5) is 5.69 Å². The number of rotatable bonds is 4. The van der Waals surface area contributed by atoms with Crippen molar-refractivity contribution in [1.82, 2.24) is 9.80 Å². The fraction of sp³-hybridized carbons (Fsp3) is 0.500. The smallest absolute Gasteiger partial charge is 0.270 e. The van der Waals surface area contributed by atoms with Crippen LogP contribution in [-0.4, -0.2) is 61.0 Å². The molecule has 0 bridgehead atoms. The third kappa shape index (κ3) is 3.49. The molecule has 2 rings (SSSR count). The number of nitro groups is 1. The number of nitro benzene ring substituents is 1. The normalized spacial score (nSPS) is 18.2. The first-order valence-corrected chi connectivity index (χ1v) is 6.73. The van der Waals surface area contributed by atoms with Crippen molar-refractivity contribution >= 4 is 11.6 Å². The number of amides is 1. The summed E-state index contributed by atoms with van der Waals surface area (Å²) >= 11 is 0. The molecule has 1 heterocycles. The molecule has 0 spiro atoms. The summed E-state index contributed by atoms with van der Waals surface area (Å²) in [6.45, 7) is 1.31. The van der Waals surface area contributed by atoms with Gasteiger partial charge in [0.05, 0.1) is 17.0 Å². The maximum Gasteiger partial charge on any atom is 0.270 e. The molecule has 1 aliphatic heterocycles. The summed E-state index contributed by atoms with van der Waals surface area (Å²) in [7, 11) is 5.63. The van der Waals surface area contributed by atoms with Gasteiger partial charge < -0.3 is 14.5 Å². The van der Waals surface area contributed by atoms with Crippen LogP contribution in [0.1, 0.15) is 16.8 Å². The van der Waals surface area contributed by atoms with E-state index in [2.05, 4.69) is 0 Å². The Morgan fingerprint density at radius 1 is 1.48 bits per heavy atom. The first-order chi connectivity index (χ1) is 9.88. The Hall–Kier alpha value is -2.15. The van der Waals surface area contributed by atoms with E-state index in [1.54, 1.807) is 11.9 Å². The highest BCUT2D eigenvalue weighted by Gasteiger charge is 2.28. The summed E-state index contributed by atoms with van der Waals surface area (Å²) < 4.78 is 5.87. The second-order valence-corrected chi connectivity index (χ2v) is 5.46. The molecule has 0 saturated heterocycles. The molecule has 0 N–H and O–H groups in total. The summed E-state index contributed by atoms with van der Waals surface area (Å²) in [4.78, 5) is 26.2. The molecule has 0 aromatic heterocycles. The molecule has 0 aliphatic carbocycles. The fourth-order valence-electron chi connectivity index (χ4n) is 2.26. The van der Waals surface area contributed by atoms with Gasteiger partial charge in [0.15, 0.2) is 0 Å². The molecule has 114 valence electrons. The summed E-state index contributed by atoms with van der Waals surface area (Å²) in [6, 6.07) is 4.15. The number of fused-ring (bicyclic) bond motifs is 1. The minimum atomic E-state index is -0.512. The van der Waals surface area contributed by atoms with Crippen molar-refractivity contribution in [2.75, 3.05) is 34.2 Å². The van der Waals surface area contributed by atoms with Gasteiger partial charge in [0.2, 0.25) is 0 Å². The summed E-state index contributed by atoms with van der Waals surface area (Å²) in [5.74, 6) is 0.166. The lowest BCUT2D eigenvalue weighted by molar-refractivity contribution is -0.384. The van der Waals surface area contributed by atoms with E-state index in [4.69, 9.17) is 4.74 Å². The second-order valence-electron chi connectivity index (χ2n) is 5.46. The van der Waals surface area contributed by atoms with E-state index < -0.39 is 4.92 Å². The quantitative estimate of drug-likeness (QED) is 0.619. The number of likely N-dealkylation sites (N-methyl/N-ethyl adjacent to an activating group) is 1. The average molecular weight is 293 g/mol. The van der Waals surface area contributed by atoms with Crippen molar-refractivity contribution in [3.8, 4) is 5.75 Å². The first-order valence-electron chi connectivity index (χ1n) is 6.73. The topological polar surface area (TPSA) is 75.9 Å². The van der Waals surface area contributed by atoms with Gasteiger partial charge in [-0.25, -0.2) is 0 Å². The molecule has 1 aromatic rings. The van der Waals surface area contributed by atoms with Gasteiger partial charge in [-0.05, 0) is 26.6 Å². The Kier molecular flexibility index (Phi) is 4.42. The molecule has 7 heteroatoms. The van der Waals surface area contributed by atoms with Gasteiger partial charge in [-0.2, -0.15) is 0 Å². The van der Waals surface area contributed by atoms with Crippen LogP contribution in [0.25, 0.3) is 0 Å². The maximum absolute atomic E-state index is 12.3. The number of nitrogens with zero attached hydrogens (tertiary/aromatic N) is 3. The standard InChI is InChI=1S/C14H19N3O4/c1-15(2)7-6-11-9-16(3)14(18)12-8-10(17(19)20)4-5-13(12)21-11/h4-5,8,11H,6-7,9H2,1-3H3. The van der Waals surface area contributed by atoms with Gasteiger partial charge in [0.25, 0.3) is 11.6 Å². The van der Waals surface area contributed by atoms with E-state index in [1.807, 2.05) is 19.0 Å². The van der Waals surface area contributed by atoms with Gasteiger partial charge in [0.1, 0.15) is 11.9 Å². The van der Waals surface area contributed by atoms with Gasteiger partial charge in [-0.15, -0.1) is 0 Å². The van der Waals surface area contributed by atoms with E-state index in [0.29, 0.717) is 12.3 Å². The Bertz CT molecular complexity index is 559. The lowest BCUT2D eigenvalue weighted by Gasteiger charge is -2.22. The molecule has 0 fully saturated rings. The summed E-state index contributed by atoms with van der Waals surface area (Å²) in [5.41, 5.74) is 0.143. The first kappa shape index (κ1) is 15.2. The molecular formula is C14H19N3O4. The lowest BCUT2D eigenvalue weighted by atomic mass is 10.1. The van der Waals surface area contributed by atoms with Crippen LogP contribution in [-0.2, 0) is 0 Å². The number of benzene rings is 1. The molecule has 21 heavy (non-hydrogen) atoms. The molecule has 7 nitrogen and oxygen atoms in total. The number of hydrogen-bond acceptors (Lipinski definition) is 5. The van der Waals surface area contributed by atoms with Crippen LogP contribution < -0.4 is 4.74 Å². The minimum Gasteiger partial charge on any atom is -0.488 e. The highest BCUT2D eigenvalue weighted by atomic mass is 16.6. The van der Waals surface area contributed by atoms with Gasteiger partial charge in [-0.1, -0.05) is 0 Å². The number of hydrogen-bond donors (Lipinski definition) is 0. The van der Waals surface area contributed by atoms with Gasteiger partial charge in [-0.3, -0.25) is 14.9 Å². The Balaban J connectivity index is 2.28. The van der Waals surface area contributed by atoms with Crippen LogP contribution in [0, 0.1) is 10.1 Å². The Labute approximate surface area is 123 Å². The van der Waals surface area contributed by atoms with E-state index in [1.165, 1.54) is 18.2 Å². The van der Waals surface area contributed by atoms with E-state index in [9.17, 15) is 14.9 Å². The van der Waals surface area contributed by atoms with Crippen molar-refractivity contribution in [3.63, 3.8) is 0 Å². The summed E-state index contributed by atoms with van der Waals surface area (Å²) in [5, 5.41) is 10.8. The van der Waals surface area contributed by atoms with E-state index in [0.717, 1.165) is 13.0 Å². The Morgan fingerprint density at radius 2 is 2.19 bits per heavy atom.